The van der Waals surface area contributed by atoms with Crippen LogP contribution >= 0.6 is 0 Å². The van der Waals surface area contributed by atoms with Gasteiger partial charge < -0.3 is 9.15 Å². The highest BCUT2D eigenvalue weighted by atomic mass is 16.5. The Labute approximate surface area is 128 Å². The van der Waals surface area contributed by atoms with Crippen molar-refractivity contribution in [2.75, 3.05) is 11.5 Å². The smallest absolute Gasteiger partial charge is 0.329 e. The Hall–Kier alpha value is -2.56. The van der Waals surface area contributed by atoms with Gasteiger partial charge in [0, 0.05) is 12.1 Å². The Balaban J connectivity index is 1.98. The molecule has 1 aromatic carbocycles. The molecule has 3 rings (SSSR count). The van der Waals surface area contributed by atoms with Crippen molar-refractivity contribution < 1.29 is 18.7 Å². The Morgan fingerprint density at radius 1 is 1.27 bits per heavy atom. The zero-order chi connectivity index (χ0) is 15.5. The normalized spacial score (nSPS) is 17.3. The summed E-state index contributed by atoms with van der Waals surface area (Å²) in [6.07, 6.45) is 2.84. The van der Waals surface area contributed by atoms with Crippen LogP contribution in [0.4, 0.5) is 5.69 Å². The molecule has 22 heavy (non-hydrogen) atoms. The molecule has 5 nitrogen and oxygen atoms in total. The molecule has 2 aromatic rings. The first-order valence-corrected chi connectivity index (χ1v) is 7.33. The largest absolute Gasteiger partial charge is 0.464 e. The number of carbonyl (C=O) groups is 2. The molecule has 1 amide bonds. The van der Waals surface area contributed by atoms with E-state index in [1.54, 1.807) is 12.1 Å². The Morgan fingerprint density at radius 3 is 2.59 bits per heavy atom. The van der Waals surface area contributed by atoms with Crippen molar-refractivity contribution in [3.05, 3.63) is 54.0 Å². The molecule has 1 aliphatic rings. The van der Waals surface area contributed by atoms with Gasteiger partial charge in [0.2, 0.25) is 0 Å². The van der Waals surface area contributed by atoms with E-state index in [9.17, 15) is 9.59 Å². The third-order valence-corrected chi connectivity index (χ3v) is 3.79. The number of nitrogens with zero attached hydrogens (tertiary/aromatic N) is 1. The molecule has 1 atom stereocenters. The number of benzene rings is 1. The first-order chi connectivity index (χ1) is 10.7. The fraction of sp³-hybridized carbons (Fsp3) is 0.294. The average Bonchev–Trinajstić information content (AvgIpc) is 3.21. The molecule has 0 radical (unpaired) electrons. The highest BCUT2D eigenvalue weighted by Gasteiger charge is 2.37. The number of ether oxygens (including phenoxy) is 1. The lowest BCUT2D eigenvalue weighted by molar-refractivity contribution is -0.139. The summed E-state index contributed by atoms with van der Waals surface area (Å²) in [7, 11) is 0. The van der Waals surface area contributed by atoms with E-state index in [1.807, 2.05) is 24.3 Å². The Bertz CT molecular complexity index is 660. The van der Waals surface area contributed by atoms with E-state index in [1.165, 1.54) is 16.7 Å². The second-order valence-corrected chi connectivity index (χ2v) is 5.14. The molecule has 0 bridgehead atoms. The summed E-state index contributed by atoms with van der Waals surface area (Å²) in [4.78, 5) is 26.1. The van der Waals surface area contributed by atoms with Gasteiger partial charge in [0.15, 0.2) is 5.76 Å². The molecule has 1 aromatic heterocycles. The summed E-state index contributed by atoms with van der Waals surface area (Å²) < 4.78 is 10.2. The highest BCUT2D eigenvalue weighted by Crippen LogP contribution is 2.25. The predicted molar refractivity (Wildman–Crippen MR) is 80.7 cm³/mol. The van der Waals surface area contributed by atoms with Crippen molar-refractivity contribution in [3.63, 3.8) is 0 Å². The standard InChI is InChI=1S/C17H17NO4/c1-2-12-5-7-13(8-6-12)18(14-9-11-22-17(14)20)16(19)15-4-3-10-21-15/h3-8,10,14H,2,9,11H2,1H3. The fourth-order valence-electron chi connectivity index (χ4n) is 2.57. The highest BCUT2D eigenvalue weighted by molar-refractivity contribution is 6.08. The van der Waals surface area contributed by atoms with Gasteiger partial charge >= 0.3 is 5.97 Å². The van der Waals surface area contributed by atoms with Gasteiger partial charge in [0.1, 0.15) is 6.04 Å². The molecule has 0 aliphatic carbocycles. The van der Waals surface area contributed by atoms with Crippen LogP contribution in [0, 0.1) is 0 Å². The van der Waals surface area contributed by atoms with Crippen LogP contribution in [0.2, 0.25) is 0 Å². The van der Waals surface area contributed by atoms with Gasteiger partial charge in [-0.2, -0.15) is 0 Å². The zero-order valence-electron chi connectivity index (χ0n) is 12.3. The molecule has 5 heteroatoms. The Kier molecular flexibility index (Phi) is 3.96. The van der Waals surface area contributed by atoms with Crippen LogP contribution in [0.5, 0.6) is 0 Å². The third kappa shape index (κ3) is 2.62. The molecule has 0 spiro atoms. The zero-order valence-corrected chi connectivity index (χ0v) is 12.3. The monoisotopic (exact) mass is 299 g/mol. The second kappa shape index (κ2) is 6.05. The average molecular weight is 299 g/mol. The summed E-state index contributed by atoms with van der Waals surface area (Å²) in [5.74, 6) is -0.503. The number of aryl methyl sites for hydroxylation is 1. The number of esters is 1. The number of carbonyl (C=O) groups excluding carboxylic acids is 2. The molecule has 1 aliphatic heterocycles. The summed E-state index contributed by atoms with van der Waals surface area (Å²) in [6.45, 7) is 2.40. The van der Waals surface area contributed by atoms with E-state index >= 15 is 0 Å². The van der Waals surface area contributed by atoms with Gasteiger partial charge in [0.25, 0.3) is 5.91 Å². The summed E-state index contributed by atoms with van der Waals surface area (Å²) in [5, 5.41) is 0. The van der Waals surface area contributed by atoms with Gasteiger partial charge in [-0.1, -0.05) is 19.1 Å². The van der Waals surface area contributed by atoms with E-state index in [0.717, 1.165) is 6.42 Å². The number of anilines is 1. The molecular formula is C17H17NO4. The molecular weight excluding hydrogens is 282 g/mol. The van der Waals surface area contributed by atoms with Crippen LogP contribution in [0.1, 0.15) is 29.5 Å². The van der Waals surface area contributed by atoms with E-state index in [2.05, 4.69) is 6.92 Å². The van der Waals surface area contributed by atoms with Crippen molar-refractivity contribution in [1.82, 2.24) is 0 Å². The maximum Gasteiger partial charge on any atom is 0.329 e. The molecule has 1 fully saturated rings. The SMILES string of the molecule is CCc1ccc(N(C(=O)c2ccco2)C2CCOC2=O)cc1. The number of furan rings is 1. The molecule has 1 saturated heterocycles. The number of cyclic esters (lactones) is 1. The van der Waals surface area contributed by atoms with Gasteiger partial charge in [0.05, 0.1) is 12.9 Å². The van der Waals surface area contributed by atoms with Gasteiger partial charge in [-0.3, -0.25) is 9.69 Å². The van der Waals surface area contributed by atoms with Crippen LogP contribution in [0.25, 0.3) is 0 Å². The lowest BCUT2D eigenvalue weighted by Crippen LogP contribution is -2.43. The van der Waals surface area contributed by atoms with Crippen LogP contribution in [0.3, 0.4) is 0 Å². The minimum Gasteiger partial charge on any atom is -0.464 e. The molecule has 0 N–H and O–H groups in total. The van der Waals surface area contributed by atoms with Crippen molar-refractivity contribution >= 4 is 17.6 Å². The predicted octanol–water partition coefficient (Wildman–Crippen LogP) is 2.80. The fourth-order valence-corrected chi connectivity index (χ4v) is 2.57. The van der Waals surface area contributed by atoms with E-state index < -0.39 is 6.04 Å². The van der Waals surface area contributed by atoms with Crippen molar-refractivity contribution in [2.24, 2.45) is 0 Å². The number of hydrogen-bond acceptors (Lipinski definition) is 4. The minimum absolute atomic E-state index is 0.208. The maximum absolute atomic E-state index is 12.7. The quantitative estimate of drug-likeness (QED) is 0.815. The first-order valence-electron chi connectivity index (χ1n) is 7.33. The first kappa shape index (κ1) is 14.4. The van der Waals surface area contributed by atoms with Crippen molar-refractivity contribution in [2.45, 2.75) is 25.8 Å². The Morgan fingerprint density at radius 2 is 2.05 bits per heavy atom. The van der Waals surface area contributed by atoms with E-state index in [4.69, 9.17) is 9.15 Å². The number of amides is 1. The number of hydrogen-bond donors (Lipinski definition) is 0. The number of rotatable bonds is 4. The van der Waals surface area contributed by atoms with Crippen LogP contribution in [0.15, 0.2) is 47.1 Å². The van der Waals surface area contributed by atoms with Gasteiger partial charge in [-0.15, -0.1) is 0 Å². The van der Waals surface area contributed by atoms with E-state index in [-0.39, 0.29) is 17.6 Å². The topological polar surface area (TPSA) is 59.8 Å². The van der Waals surface area contributed by atoms with Crippen LogP contribution in [-0.2, 0) is 16.0 Å². The lowest BCUT2D eigenvalue weighted by Gasteiger charge is -2.25. The van der Waals surface area contributed by atoms with Gasteiger partial charge in [-0.25, -0.2) is 4.79 Å². The maximum atomic E-state index is 12.7. The molecule has 0 saturated carbocycles. The van der Waals surface area contributed by atoms with Crippen molar-refractivity contribution in [3.8, 4) is 0 Å². The summed E-state index contributed by atoms with van der Waals surface area (Å²) in [6, 6.07) is 10.3. The summed E-state index contributed by atoms with van der Waals surface area (Å²) in [5.41, 5.74) is 1.84. The molecule has 2 heterocycles. The second-order valence-electron chi connectivity index (χ2n) is 5.14. The van der Waals surface area contributed by atoms with Crippen LogP contribution < -0.4 is 4.90 Å². The van der Waals surface area contributed by atoms with Crippen molar-refractivity contribution in [1.29, 1.82) is 0 Å². The van der Waals surface area contributed by atoms with Crippen LogP contribution in [-0.4, -0.2) is 24.5 Å². The van der Waals surface area contributed by atoms with Gasteiger partial charge in [-0.05, 0) is 36.2 Å². The third-order valence-electron chi connectivity index (χ3n) is 3.79. The minimum atomic E-state index is -0.606. The summed E-state index contributed by atoms with van der Waals surface area (Å²) >= 11 is 0. The molecule has 114 valence electrons. The van der Waals surface area contributed by atoms with E-state index in [0.29, 0.717) is 18.7 Å². The lowest BCUT2D eigenvalue weighted by atomic mass is 10.1. The molecule has 1 unspecified atom stereocenters.